The summed E-state index contributed by atoms with van der Waals surface area (Å²) in [5, 5.41) is 3.11. The molecule has 0 aromatic rings. The summed E-state index contributed by atoms with van der Waals surface area (Å²) in [6, 6.07) is 0.591. The minimum Gasteiger partial charge on any atom is -0.338 e. The Morgan fingerprint density at radius 2 is 1.88 bits per heavy atom. The number of likely N-dealkylation sites (N-methyl/N-ethyl adjacent to an activating group) is 1. The van der Waals surface area contributed by atoms with E-state index in [2.05, 4.69) is 24.1 Å². The smallest absolute Gasteiger partial charge is 0.240 e. The van der Waals surface area contributed by atoms with Crippen molar-refractivity contribution in [2.24, 2.45) is 5.41 Å². The maximum Gasteiger partial charge on any atom is 0.240 e. The summed E-state index contributed by atoms with van der Waals surface area (Å²) >= 11 is 0. The quantitative estimate of drug-likeness (QED) is 0.775. The zero-order valence-corrected chi connectivity index (χ0v) is 10.8. The van der Waals surface area contributed by atoms with Crippen LogP contribution in [0, 0.1) is 5.41 Å². The molecule has 2 fully saturated rings. The highest BCUT2D eigenvalue weighted by molar-refractivity contribution is 5.84. The van der Waals surface area contributed by atoms with Gasteiger partial charge in [0.1, 0.15) is 0 Å². The minimum absolute atomic E-state index is 0.0786. The maximum absolute atomic E-state index is 12.1. The van der Waals surface area contributed by atoms with E-state index in [0.29, 0.717) is 17.4 Å². The molecule has 3 heteroatoms. The van der Waals surface area contributed by atoms with Crippen LogP contribution in [-0.2, 0) is 4.79 Å². The van der Waals surface area contributed by atoms with Gasteiger partial charge in [-0.15, -0.1) is 0 Å². The number of nitrogens with one attached hydrogen (secondary N) is 1. The lowest BCUT2D eigenvalue weighted by Gasteiger charge is -2.38. The number of carbonyl (C=O) groups is 1. The van der Waals surface area contributed by atoms with Gasteiger partial charge >= 0.3 is 0 Å². The molecular weight excluding hydrogens is 200 g/mol. The first-order valence-electron chi connectivity index (χ1n) is 6.51. The molecule has 0 radical (unpaired) electrons. The van der Waals surface area contributed by atoms with Crippen molar-refractivity contribution in [3.63, 3.8) is 0 Å². The lowest BCUT2D eigenvalue weighted by molar-refractivity contribution is -0.132. The first kappa shape index (κ1) is 11.9. The number of amides is 1. The van der Waals surface area contributed by atoms with E-state index < -0.39 is 0 Å². The van der Waals surface area contributed by atoms with Gasteiger partial charge in [-0.25, -0.2) is 0 Å². The molecule has 16 heavy (non-hydrogen) atoms. The molecule has 1 unspecified atom stereocenters. The molecule has 1 amide bonds. The summed E-state index contributed by atoms with van der Waals surface area (Å²) < 4.78 is 0. The van der Waals surface area contributed by atoms with Gasteiger partial charge in [0.2, 0.25) is 5.91 Å². The predicted octanol–water partition coefficient (Wildman–Crippen LogP) is 1.78. The predicted molar refractivity (Wildman–Crippen MR) is 65.2 cm³/mol. The van der Waals surface area contributed by atoms with E-state index in [1.807, 2.05) is 7.05 Å². The van der Waals surface area contributed by atoms with Crippen molar-refractivity contribution in [3.8, 4) is 0 Å². The lowest BCUT2D eigenvalue weighted by Crippen LogP contribution is -2.44. The van der Waals surface area contributed by atoms with Crippen molar-refractivity contribution in [1.29, 1.82) is 0 Å². The van der Waals surface area contributed by atoms with Crippen LogP contribution in [-0.4, -0.2) is 36.5 Å². The Bertz CT molecular complexity index is 265. The summed E-state index contributed by atoms with van der Waals surface area (Å²) in [4.78, 5) is 14.2. The third-order valence-corrected chi connectivity index (χ3v) is 4.34. The minimum atomic E-state index is 0.0786. The third kappa shape index (κ3) is 2.24. The van der Waals surface area contributed by atoms with Crippen LogP contribution in [0.2, 0.25) is 0 Å². The summed E-state index contributed by atoms with van der Waals surface area (Å²) in [5.41, 5.74) is 0.488. The Hall–Kier alpha value is -0.570. The van der Waals surface area contributed by atoms with Gasteiger partial charge in [0.15, 0.2) is 0 Å². The Morgan fingerprint density at radius 3 is 2.38 bits per heavy atom. The van der Waals surface area contributed by atoms with Crippen LogP contribution in [0.25, 0.3) is 0 Å². The van der Waals surface area contributed by atoms with Gasteiger partial charge in [-0.1, -0.05) is 13.8 Å². The second-order valence-corrected chi connectivity index (χ2v) is 6.06. The van der Waals surface area contributed by atoms with Gasteiger partial charge in [0.25, 0.3) is 0 Å². The molecule has 0 spiro atoms. The van der Waals surface area contributed by atoms with Crippen molar-refractivity contribution >= 4 is 5.91 Å². The van der Waals surface area contributed by atoms with Crippen LogP contribution in [0.5, 0.6) is 0 Å². The van der Waals surface area contributed by atoms with Crippen LogP contribution in [0.3, 0.4) is 0 Å². The fraction of sp³-hybridized carbons (Fsp3) is 0.923. The molecule has 92 valence electrons. The Kier molecular flexibility index (Phi) is 3.24. The molecule has 2 aliphatic rings. The highest BCUT2D eigenvalue weighted by Gasteiger charge is 2.37. The molecule has 1 heterocycles. The van der Waals surface area contributed by atoms with E-state index in [-0.39, 0.29) is 6.04 Å². The van der Waals surface area contributed by atoms with Gasteiger partial charge in [-0.05, 0) is 44.6 Å². The summed E-state index contributed by atoms with van der Waals surface area (Å²) in [6.45, 7) is 5.63. The Balaban J connectivity index is 1.93. The van der Waals surface area contributed by atoms with Gasteiger partial charge in [0, 0.05) is 12.6 Å². The van der Waals surface area contributed by atoms with Gasteiger partial charge in [-0.2, -0.15) is 0 Å². The molecule has 1 N–H and O–H groups in total. The molecule has 0 bridgehead atoms. The molecule has 1 atom stereocenters. The van der Waals surface area contributed by atoms with Crippen molar-refractivity contribution in [1.82, 2.24) is 10.2 Å². The molecule has 2 rings (SSSR count). The van der Waals surface area contributed by atoms with Gasteiger partial charge in [-0.3, -0.25) is 4.79 Å². The molecule has 3 nitrogen and oxygen atoms in total. The van der Waals surface area contributed by atoms with E-state index in [4.69, 9.17) is 0 Å². The van der Waals surface area contributed by atoms with Crippen LogP contribution in [0.1, 0.15) is 46.0 Å². The first-order chi connectivity index (χ1) is 7.53. The molecule has 1 aliphatic heterocycles. The monoisotopic (exact) mass is 224 g/mol. The third-order valence-electron chi connectivity index (χ3n) is 4.34. The largest absolute Gasteiger partial charge is 0.338 e. The number of nitrogens with zero attached hydrogens (tertiary/aromatic N) is 1. The molecular formula is C13H24N2O. The molecule has 1 saturated heterocycles. The molecule has 1 saturated carbocycles. The molecule has 0 aromatic heterocycles. The Labute approximate surface area is 98.6 Å². The van der Waals surface area contributed by atoms with E-state index in [0.717, 1.165) is 13.0 Å². The van der Waals surface area contributed by atoms with E-state index in [1.165, 1.54) is 25.7 Å². The van der Waals surface area contributed by atoms with Crippen LogP contribution < -0.4 is 5.32 Å². The van der Waals surface area contributed by atoms with Crippen molar-refractivity contribution in [2.75, 3.05) is 13.6 Å². The summed E-state index contributed by atoms with van der Waals surface area (Å²) in [6.07, 6.45) is 5.87. The van der Waals surface area contributed by atoms with Crippen molar-refractivity contribution in [3.05, 3.63) is 0 Å². The summed E-state index contributed by atoms with van der Waals surface area (Å²) in [7, 11) is 1.88. The van der Waals surface area contributed by atoms with Crippen LogP contribution in [0.4, 0.5) is 0 Å². The molecule has 0 aromatic carbocycles. The zero-order valence-electron chi connectivity index (χ0n) is 10.8. The number of hydrogen-bond acceptors (Lipinski definition) is 2. The standard InChI is InChI=1S/C13H24N2O/c1-13(2)7-4-10(5-8-13)15-9-6-11(14-3)12(15)16/h10-11,14H,4-9H2,1-3H3. The number of hydrogen-bond donors (Lipinski definition) is 1. The number of carbonyl (C=O) groups excluding carboxylic acids is 1. The van der Waals surface area contributed by atoms with E-state index >= 15 is 0 Å². The number of rotatable bonds is 2. The lowest BCUT2D eigenvalue weighted by atomic mass is 9.75. The highest BCUT2D eigenvalue weighted by Crippen LogP contribution is 2.37. The van der Waals surface area contributed by atoms with Crippen molar-refractivity contribution < 1.29 is 4.79 Å². The average Bonchev–Trinajstić information content (AvgIpc) is 2.60. The van der Waals surface area contributed by atoms with E-state index in [1.54, 1.807) is 0 Å². The Morgan fingerprint density at radius 1 is 1.25 bits per heavy atom. The second kappa shape index (κ2) is 4.36. The zero-order chi connectivity index (χ0) is 11.8. The highest BCUT2D eigenvalue weighted by atomic mass is 16.2. The van der Waals surface area contributed by atoms with Crippen LogP contribution >= 0.6 is 0 Å². The van der Waals surface area contributed by atoms with Gasteiger partial charge in [0.05, 0.1) is 6.04 Å². The number of likely N-dealkylation sites (tertiary alicyclic amines) is 1. The average molecular weight is 224 g/mol. The van der Waals surface area contributed by atoms with E-state index in [9.17, 15) is 4.79 Å². The van der Waals surface area contributed by atoms with Crippen LogP contribution in [0.15, 0.2) is 0 Å². The normalized spacial score (nSPS) is 31.1. The summed E-state index contributed by atoms with van der Waals surface area (Å²) in [5.74, 6) is 0.326. The van der Waals surface area contributed by atoms with Gasteiger partial charge < -0.3 is 10.2 Å². The fourth-order valence-corrected chi connectivity index (χ4v) is 3.03. The topological polar surface area (TPSA) is 32.3 Å². The molecule has 1 aliphatic carbocycles. The first-order valence-corrected chi connectivity index (χ1v) is 6.51. The fourth-order valence-electron chi connectivity index (χ4n) is 3.03. The van der Waals surface area contributed by atoms with Crippen molar-refractivity contribution in [2.45, 2.75) is 58.0 Å². The SMILES string of the molecule is CNC1CCN(C2CCC(C)(C)CC2)C1=O. The second-order valence-electron chi connectivity index (χ2n) is 6.06. The maximum atomic E-state index is 12.1.